The third-order valence-electron chi connectivity index (χ3n) is 10.0. The number of hydrogen-bond acceptors (Lipinski definition) is 2. The van der Waals surface area contributed by atoms with Crippen LogP contribution in [-0.2, 0) is 0 Å². The van der Waals surface area contributed by atoms with Crippen LogP contribution in [0.1, 0.15) is 0 Å². The predicted molar refractivity (Wildman–Crippen MR) is 197 cm³/mol. The second-order valence-corrected chi connectivity index (χ2v) is 13.5. The number of thiophene rings is 1. The van der Waals surface area contributed by atoms with Crippen LogP contribution in [0.15, 0.2) is 146 Å². The van der Waals surface area contributed by atoms with E-state index in [4.69, 9.17) is 4.74 Å². The van der Waals surface area contributed by atoms with Crippen LogP contribution in [0.2, 0.25) is 0 Å². The molecular weight excluding hydrogens is 577 g/mol. The zero-order chi connectivity index (χ0) is 29.9. The first-order valence-corrected chi connectivity index (χ1v) is 16.6. The van der Waals surface area contributed by atoms with Crippen molar-refractivity contribution in [3.05, 3.63) is 146 Å². The maximum Gasteiger partial charge on any atom is 0.250 e. The summed E-state index contributed by atoms with van der Waals surface area (Å²) in [6.45, 7) is 0.108. The normalized spacial score (nSPS) is 12.9. The number of benzene rings is 7. The van der Waals surface area contributed by atoms with Crippen LogP contribution in [0.3, 0.4) is 0 Å². The lowest BCUT2D eigenvalue weighted by atomic mass is 9.36. The third kappa shape index (κ3) is 3.21. The lowest BCUT2D eigenvalue weighted by molar-refractivity contribution is 0.487. The fraction of sp³-hybridized carbons (Fsp3) is 0. The molecule has 0 saturated heterocycles. The molecule has 1 aliphatic rings. The SMILES string of the molecule is c1cc(B2c3ccccc3Oc3ccccc32)cc(-c2ccc3c(c2)c2cc4c5ccccc5sc4c4c5ccccc5n3c24)c1. The molecule has 0 aliphatic carbocycles. The van der Waals surface area contributed by atoms with Gasteiger partial charge < -0.3 is 9.14 Å². The van der Waals surface area contributed by atoms with Gasteiger partial charge in [0.05, 0.1) is 16.6 Å². The van der Waals surface area contributed by atoms with Crippen molar-refractivity contribution in [1.29, 1.82) is 0 Å². The molecule has 0 bridgehead atoms. The third-order valence-corrected chi connectivity index (χ3v) is 11.2. The van der Waals surface area contributed by atoms with Gasteiger partial charge in [0.2, 0.25) is 0 Å². The molecule has 3 aromatic heterocycles. The smallest absolute Gasteiger partial charge is 0.250 e. The van der Waals surface area contributed by atoms with Gasteiger partial charge in [0, 0.05) is 41.7 Å². The van der Waals surface area contributed by atoms with Gasteiger partial charge in [0.25, 0.3) is 6.71 Å². The molecule has 0 unspecified atom stereocenters. The minimum Gasteiger partial charge on any atom is -0.458 e. The van der Waals surface area contributed by atoms with E-state index in [1.54, 1.807) is 0 Å². The van der Waals surface area contributed by atoms with Gasteiger partial charge in [-0.05, 0) is 64.5 Å². The van der Waals surface area contributed by atoms with Crippen LogP contribution >= 0.6 is 11.3 Å². The van der Waals surface area contributed by atoms with Crippen LogP contribution in [0.4, 0.5) is 0 Å². The highest BCUT2D eigenvalue weighted by molar-refractivity contribution is 7.26. The molecule has 0 fully saturated rings. The van der Waals surface area contributed by atoms with E-state index in [-0.39, 0.29) is 6.71 Å². The lowest BCUT2D eigenvalue weighted by Crippen LogP contribution is -2.54. The Balaban J connectivity index is 1.16. The number of para-hydroxylation sites is 3. The molecule has 0 saturated carbocycles. The molecule has 0 radical (unpaired) electrons. The number of ether oxygens (including phenoxy) is 1. The van der Waals surface area contributed by atoms with E-state index in [2.05, 4.69) is 150 Å². The number of fused-ring (bicyclic) bond motifs is 12. The van der Waals surface area contributed by atoms with Crippen molar-refractivity contribution in [3.8, 4) is 22.6 Å². The standard InChI is InChI=1S/C42H24BNOS/c1-5-16-35-29(13-1)40-41-31(24-32-28-12-2-8-19-39(28)46-42(32)40)30-23-26(20-21-36(30)44(35)41)25-10-9-11-27(22-25)43-33-14-3-6-17-37(33)45-38-18-7-4-15-34(38)43/h1-24H. The molecule has 0 spiro atoms. The summed E-state index contributed by atoms with van der Waals surface area (Å²) in [5.41, 5.74) is 10.00. The van der Waals surface area contributed by atoms with Crippen molar-refractivity contribution < 1.29 is 4.74 Å². The topological polar surface area (TPSA) is 13.6 Å². The molecule has 7 aromatic carbocycles. The molecule has 212 valence electrons. The Morgan fingerprint density at radius 2 is 1.20 bits per heavy atom. The average Bonchev–Trinajstić information content (AvgIpc) is 3.76. The van der Waals surface area contributed by atoms with Crippen molar-refractivity contribution >= 4 is 92.7 Å². The van der Waals surface area contributed by atoms with Crippen LogP contribution in [0.5, 0.6) is 11.5 Å². The molecule has 1 aliphatic heterocycles. The Bertz CT molecular complexity index is 2820. The van der Waals surface area contributed by atoms with Gasteiger partial charge in [-0.25, -0.2) is 0 Å². The molecular formula is C42H24BNOS. The Morgan fingerprint density at radius 3 is 2.04 bits per heavy atom. The van der Waals surface area contributed by atoms with E-state index >= 15 is 0 Å². The first-order valence-electron chi connectivity index (χ1n) is 15.8. The fourth-order valence-corrected chi connectivity index (χ4v) is 9.32. The predicted octanol–water partition coefficient (Wildman–Crippen LogP) is 9.49. The van der Waals surface area contributed by atoms with E-state index in [1.165, 1.54) is 85.8 Å². The zero-order valence-electron chi connectivity index (χ0n) is 24.7. The fourth-order valence-electron chi connectivity index (χ4n) is 8.08. The summed E-state index contributed by atoms with van der Waals surface area (Å²) in [5.74, 6) is 1.87. The largest absolute Gasteiger partial charge is 0.458 e. The second-order valence-electron chi connectivity index (χ2n) is 12.4. The van der Waals surface area contributed by atoms with E-state index in [9.17, 15) is 0 Å². The average molecular weight is 602 g/mol. The van der Waals surface area contributed by atoms with Crippen molar-refractivity contribution in [2.24, 2.45) is 0 Å². The van der Waals surface area contributed by atoms with Crippen LogP contribution in [0.25, 0.3) is 69.4 Å². The molecule has 11 rings (SSSR count). The summed E-state index contributed by atoms with van der Waals surface area (Å²) in [6, 6.07) is 53.2. The minimum atomic E-state index is 0.108. The molecule has 0 amide bonds. The van der Waals surface area contributed by atoms with Gasteiger partial charge in [0.15, 0.2) is 0 Å². The maximum absolute atomic E-state index is 6.33. The van der Waals surface area contributed by atoms with Crippen LogP contribution in [0, 0.1) is 0 Å². The lowest BCUT2D eigenvalue weighted by Gasteiger charge is -2.26. The molecule has 2 nitrogen and oxygen atoms in total. The van der Waals surface area contributed by atoms with Crippen molar-refractivity contribution in [3.63, 3.8) is 0 Å². The van der Waals surface area contributed by atoms with Gasteiger partial charge in [-0.2, -0.15) is 0 Å². The Kier molecular flexibility index (Phi) is 4.83. The van der Waals surface area contributed by atoms with E-state index < -0.39 is 0 Å². The monoisotopic (exact) mass is 601 g/mol. The summed E-state index contributed by atoms with van der Waals surface area (Å²) < 4.78 is 11.5. The Labute approximate surface area is 269 Å². The quantitative estimate of drug-likeness (QED) is 0.180. The number of rotatable bonds is 2. The Hall–Kier alpha value is -5.58. The highest BCUT2D eigenvalue weighted by atomic mass is 32.1. The number of nitrogens with zero attached hydrogens (tertiary/aromatic N) is 1. The summed E-state index contributed by atoms with van der Waals surface area (Å²) in [4.78, 5) is 0. The maximum atomic E-state index is 6.33. The van der Waals surface area contributed by atoms with Gasteiger partial charge in [0.1, 0.15) is 11.5 Å². The van der Waals surface area contributed by atoms with Gasteiger partial charge in [-0.15, -0.1) is 11.3 Å². The minimum absolute atomic E-state index is 0.108. The van der Waals surface area contributed by atoms with Gasteiger partial charge in [-0.1, -0.05) is 109 Å². The van der Waals surface area contributed by atoms with Crippen LogP contribution < -0.4 is 21.1 Å². The van der Waals surface area contributed by atoms with E-state index in [1.807, 2.05) is 11.3 Å². The van der Waals surface area contributed by atoms with E-state index in [0.29, 0.717) is 0 Å². The van der Waals surface area contributed by atoms with Gasteiger partial charge in [-0.3, -0.25) is 0 Å². The number of hydrogen-bond donors (Lipinski definition) is 0. The highest BCUT2D eigenvalue weighted by Crippen LogP contribution is 2.47. The molecule has 10 aromatic rings. The van der Waals surface area contributed by atoms with Gasteiger partial charge >= 0.3 is 0 Å². The first kappa shape index (κ1) is 24.7. The molecule has 0 N–H and O–H groups in total. The van der Waals surface area contributed by atoms with Crippen molar-refractivity contribution in [1.82, 2.24) is 4.40 Å². The molecule has 4 heteroatoms. The van der Waals surface area contributed by atoms with Crippen LogP contribution in [-0.4, -0.2) is 11.1 Å². The zero-order valence-corrected chi connectivity index (χ0v) is 25.5. The molecule has 46 heavy (non-hydrogen) atoms. The number of aromatic nitrogens is 1. The highest BCUT2D eigenvalue weighted by Gasteiger charge is 2.32. The first-order chi connectivity index (χ1) is 22.8. The second kappa shape index (κ2) is 9.00. The van der Waals surface area contributed by atoms with E-state index in [0.717, 1.165) is 11.5 Å². The summed E-state index contributed by atoms with van der Waals surface area (Å²) in [6.07, 6.45) is 0. The summed E-state index contributed by atoms with van der Waals surface area (Å²) in [7, 11) is 0. The summed E-state index contributed by atoms with van der Waals surface area (Å²) >= 11 is 1.92. The molecule has 4 heterocycles. The Morgan fingerprint density at radius 1 is 0.500 bits per heavy atom. The summed E-state index contributed by atoms with van der Waals surface area (Å²) in [5, 5.41) is 8.02. The van der Waals surface area contributed by atoms with Crippen molar-refractivity contribution in [2.45, 2.75) is 0 Å². The van der Waals surface area contributed by atoms with Crippen molar-refractivity contribution in [2.75, 3.05) is 0 Å². The molecule has 0 atom stereocenters.